The number of anilines is 1. The lowest BCUT2D eigenvalue weighted by atomic mass is 10.3. The van der Waals surface area contributed by atoms with E-state index in [1.165, 1.54) is 11.3 Å². The van der Waals surface area contributed by atoms with E-state index in [-0.39, 0.29) is 5.91 Å². The number of thiazole rings is 1. The van der Waals surface area contributed by atoms with Crippen LogP contribution in [0.25, 0.3) is 0 Å². The van der Waals surface area contributed by atoms with Crippen molar-refractivity contribution in [2.45, 2.75) is 6.92 Å². The zero-order chi connectivity index (χ0) is 10.7. The van der Waals surface area contributed by atoms with Crippen molar-refractivity contribution >= 4 is 22.9 Å². The van der Waals surface area contributed by atoms with Gasteiger partial charge in [0.1, 0.15) is 5.69 Å². The second-order valence-corrected chi connectivity index (χ2v) is 3.73. The van der Waals surface area contributed by atoms with Gasteiger partial charge in [-0.3, -0.25) is 9.78 Å². The lowest BCUT2D eigenvalue weighted by Crippen LogP contribution is -2.12. The first-order valence-corrected chi connectivity index (χ1v) is 5.32. The van der Waals surface area contributed by atoms with E-state index >= 15 is 0 Å². The predicted molar refractivity (Wildman–Crippen MR) is 59.0 cm³/mol. The molecule has 0 aliphatic heterocycles. The van der Waals surface area contributed by atoms with Gasteiger partial charge in [-0.25, -0.2) is 4.98 Å². The molecule has 1 N–H and O–H groups in total. The topological polar surface area (TPSA) is 54.9 Å². The molecule has 0 aromatic carbocycles. The first-order valence-electron chi connectivity index (χ1n) is 4.38. The van der Waals surface area contributed by atoms with E-state index < -0.39 is 0 Å². The number of nitrogens with one attached hydrogen (secondary N) is 1. The maximum atomic E-state index is 11.6. The fraction of sp³-hybridized carbons (Fsp3) is 0.100. The number of pyridine rings is 1. The maximum absolute atomic E-state index is 11.6. The third-order valence-electron chi connectivity index (χ3n) is 1.83. The van der Waals surface area contributed by atoms with Crippen LogP contribution < -0.4 is 5.32 Å². The van der Waals surface area contributed by atoms with Crippen LogP contribution in [0.5, 0.6) is 0 Å². The van der Waals surface area contributed by atoms with Crippen LogP contribution in [0.1, 0.15) is 16.2 Å². The van der Waals surface area contributed by atoms with Crippen molar-refractivity contribution in [2.75, 3.05) is 5.32 Å². The van der Waals surface area contributed by atoms with Gasteiger partial charge in [-0.15, -0.1) is 11.3 Å². The van der Waals surface area contributed by atoms with Crippen molar-refractivity contribution in [2.24, 2.45) is 0 Å². The molecule has 5 heteroatoms. The molecule has 15 heavy (non-hydrogen) atoms. The van der Waals surface area contributed by atoms with Gasteiger partial charge >= 0.3 is 0 Å². The molecule has 2 heterocycles. The normalized spacial score (nSPS) is 9.93. The summed E-state index contributed by atoms with van der Waals surface area (Å²) < 4.78 is 0. The smallest absolute Gasteiger partial charge is 0.275 e. The Morgan fingerprint density at radius 2 is 2.27 bits per heavy atom. The molecule has 0 bridgehead atoms. The molecule has 2 rings (SSSR count). The summed E-state index contributed by atoms with van der Waals surface area (Å²) in [6.45, 7) is 1.89. The standard InChI is InChI=1S/C10H9N3OS/c1-7-2-3-8(4-11-7)13-10(14)9-5-15-6-12-9/h2-6H,1H3,(H,13,14). The quantitative estimate of drug-likeness (QED) is 0.841. The summed E-state index contributed by atoms with van der Waals surface area (Å²) in [5, 5.41) is 4.42. The number of nitrogens with zero attached hydrogens (tertiary/aromatic N) is 2. The average Bonchev–Trinajstić information content (AvgIpc) is 2.74. The summed E-state index contributed by atoms with van der Waals surface area (Å²) in [6.07, 6.45) is 1.62. The highest BCUT2D eigenvalue weighted by Gasteiger charge is 2.07. The highest BCUT2D eigenvalue weighted by atomic mass is 32.1. The molecule has 4 nitrogen and oxygen atoms in total. The van der Waals surface area contributed by atoms with Crippen LogP contribution in [0.2, 0.25) is 0 Å². The van der Waals surface area contributed by atoms with Gasteiger partial charge in [0, 0.05) is 11.1 Å². The van der Waals surface area contributed by atoms with E-state index in [0.717, 1.165) is 5.69 Å². The van der Waals surface area contributed by atoms with Crippen LogP contribution in [0.3, 0.4) is 0 Å². The van der Waals surface area contributed by atoms with E-state index in [9.17, 15) is 4.79 Å². The van der Waals surface area contributed by atoms with Gasteiger partial charge in [-0.2, -0.15) is 0 Å². The third kappa shape index (κ3) is 2.38. The number of hydrogen-bond acceptors (Lipinski definition) is 4. The van der Waals surface area contributed by atoms with Gasteiger partial charge in [-0.05, 0) is 19.1 Å². The third-order valence-corrected chi connectivity index (χ3v) is 2.42. The minimum atomic E-state index is -0.207. The van der Waals surface area contributed by atoms with E-state index in [2.05, 4.69) is 15.3 Å². The van der Waals surface area contributed by atoms with Gasteiger partial charge in [0.25, 0.3) is 5.91 Å². The van der Waals surface area contributed by atoms with Gasteiger partial charge in [0.2, 0.25) is 0 Å². The van der Waals surface area contributed by atoms with Crippen LogP contribution in [0, 0.1) is 6.92 Å². The molecular formula is C10H9N3OS. The molecule has 0 saturated heterocycles. The monoisotopic (exact) mass is 219 g/mol. The van der Waals surface area contributed by atoms with Gasteiger partial charge < -0.3 is 5.32 Å². The Bertz CT molecular complexity index is 450. The van der Waals surface area contributed by atoms with Crippen molar-refractivity contribution in [1.82, 2.24) is 9.97 Å². The maximum Gasteiger partial charge on any atom is 0.275 e. The Labute approximate surface area is 91.0 Å². The molecule has 0 radical (unpaired) electrons. The number of rotatable bonds is 2. The van der Waals surface area contributed by atoms with Gasteiger partial charge in [0.05, 0.1) is 17.4 Å². The summed E-state index contributed by atoms with van der Waals surface area (Å²) in [5.74, 6) is -0.207. The first-order chi connectivity index (χ1) is 7.25. The molecule has 76 valence electrons. The summed E-state index contributed by atoms with van der Waals surface area (Å²) in [4.78, 5) is 19.6. The lowest BCUT2D eigenvalue weighted by Gasteiger charge is -2.02. The van der Waals surface area contributed by atoms with E-state index in [4.69, 9.17) is 0 Å². The minimum absolute atomic E-state index is 0.207. The van der Waals surface area contributed by atoms with Crippen molar-refractivity contribution in [1.29, 1.82) is 0 Å². The van der Waals surface area contributed by atoms with Crippen LogP contribution >= 0.6 is 11.3 Å². The molecule has 0 saturated carbocycles. The molecule has 0 fully saturated rings. The van der Waals surface area contributed by atoms with E-state index in [1.807, 2.05) is 19.1 Å². The number of aryl methyl sites for hydroxylation is 1. The number of carbonyl (C=O) groups excluding carboxylic acids is 1. The van der Waals surface area contributed by atoms with Crippen molar-refractivity contribution in [3.8, 4) is 0 Å². The first kappa shape index (κ1) is 9.79. The molecule has 0 aliphatic rings. The summed E-state index contributed by atoms with van der Waals surface area (Å²) >= 11 is 1.39. The Hall–Kier alpha value is -1.75. The fourth-order valence-electron chi connectivity index (χ4n) is 1.06. The van der Waals surface area contributed by atoms with Crippen molar-refractivity contribution in [3.05, 3.63) is 40.6 Å². The van der Waals surface area contributed by atoms with Crippen molar-refractivity contribution in [3.63, 3.8) is 0 Å². The SMILES string of the molecule is Cc1ccc(NC(=O)c2cscn2)cn1. The molecular weight excluding hydrogens is 210 g/mol. The Morgan fingerprint density at radius 1 is 1.40 bits per heavy atom. The Kier molecular flexibility index (Phi) is 2.73. The average molecular weight is 219 g/mol. The zero-order valence-electron chi connectivity index (χ0n) is 8.10. The molecule has 0 unspecified atom stereocenters. The lowest BCUT2D eigenvalue weighted by molar-refractivity contribution is 0.102. The van der Waals surface area contributed by atoms with Crippen LogP contribution in [-0.4, -0.2) is 15.9 Å². The van der Waals surface area contributed by atoms with Crippen LogP contribution in [0.4, 0.5) is 5.69 Å². The molecule has 2 aromatic heterocycles. The van der Waals surface area contributed by atoms with Gasteiger partial charge in [0.15, 0.2) is 0 Å². The highest BCUT2D eigenvalue weighted by Crippen LogP contribution is 2.08. The Morgan fingerprint density at radius 3 is 2.87 bits per heavy atom. The number of carbonyl (C=O) groups is 1. The van der Waals surface area contributed by atoms with E-state index in [0.29, 0.717) is 11.4 Å². The second kappa shape index (κ2) is 4.18. The molecule has 0 aliphatic carbocycles. The van der Waals surface area contributed by atoms with Crippen molar-refractivity contribution < 1.29 is 4.79 Å². The van der Waals surface area contributed by atoms with Gasteiger partial charge in [-0.1, -0.05) is 0 Å². The molecule has 0 atom stereocenters. The molecule has 1 amide bonds. The van der Waals surface area contributed by atoms with E-state index in [1.54, 1.807) is 17.1 Å². The number of hydrogen-bond donors (Lipinski definition) is 1. The second-order valence-electron chi connectivity index (χ2n) is 3.02. The Balaban J connectivity index is 2.09. The molecule has 2 aromatic rings. The number of aromatic nitrogens is 2. The predicted octanol–water partition coefficient (Wildman–Crippen LogP) is 2.10. The summed E-state index contributed by atoms with van der Waals surface area (Å²) in [7, 11) is 0. The highest BCUT2D eigenvalue weighted by molar-refractivity contribution is 7.07. The summed E-state index contributed by atoms with van der Waals surface area (Å²) in [6, 6.07) is 3.66. The fourth-order valence-corrected chi connectivity index (χ4v) is 1.59. The largest absolute Gasteiger partial charge is 0.319 e. The number of amides is 1. The zero-order valence-corrected chi connectivity index (χ0v) is 8.91. The van der Waals surface area contributed by atoms with Crippen LogP contribution in [0.15, 0.2) is 29.2 Å². The minimum Gasteiger partial charge on any atom is -0.319 e. The summed E-state index contributed by atoms with van der Waals surface area (Å²) in [5.41, 5.74) is 3.66. The van der Waals surface area contributed by atoms with Crippen LogP contribution in [-0.2, 0) is 0 Å². The molecule has 0 spiro atoms.